The first-order valence-electron chi connectivity index (χ1n) is 3.88. The summed E-state index contributed by atoms with van der Waals surface area (Å²) in [4.78, 5) is 10.7. The van der Waals surface area contributed by atoms with E-state index in [4.69, 9.17) is 27.2 Å². The maximum atomic E-state index is 10.7. The van der Waals surface area contributed by atoms with E-state index in [-0.39, 0.29) is 0 Å². The Balaban J connectivity index is 3.20. The third kappa shape index (κ3) is 1.97. The van der Waals surface area contributed by atoms with Crippen LogP contribution in [0.5, 0.6) is 5.75 Å². The fourth-order valence-corrected chi connectivity index (χ4v) is 1.38. The molecule has 0 aliphatic carbocycles. The molecule has 3 N–H and O–H groups in total. The number of carboxylic acids is 1. The van der Waals surface area contributed by atoms with Gasteiger partial charge in [-0.15, -0.1) is 0 Å². The first-order valence-corrected chi connectivity index (χ1v) is 4.26. The van der Waals surface area contributed by atoms with E-state index in [1.807, 2.05) is 0 Å². The van der Waals surface area contributed by atoms with Gasteiger partial charge in [0.1, 0.15) is 11.8 Å². The molecule has 0 aliphatic rings. The Kier molecular flexibility index (Phi) is 3.33. The summed E-state index contributed by atoms with van der Waals surface area (Å²) in [6.07, 6.45) is 0. The summed E-state index contributed by atoms with van der Waals surface area (Å²) in [5.74, 6) is -0.811. The lowest BCUT2D eigenvalue weighted by molar-refractivity contribution is -0.138. The fraction of sp³-hybridized carbons (Fsp3) is 0.222. The normalized spacial score (nSPS) is 12.2. The van der Waals surface area contributed by atoms with Crippen molar-refractivity contribution in [2.45, 2.75) is 6.04 Å². The predicted molar refractivity (Wildman–Crippen MR) is 52.6 cm³/mol. The third-order valence-corrected chi connectivity index (χ3v) is 2.10. The molecule has 0 saturated carbocycles. The van der Waals surface area contributed by atoms with E-state index in [1.165, 1.54) is 7.11 Å². The molecule has 1 aromatic carbocycles. The van der Waals surface area contributed by atoms with Crippen molar-refractivity contribution in [1.29, 1.82) is 0 Å². The molecule has 5 heteroatoms. The van der Waals surface area contributed by atoms with Gasteiger partial charge in [-0.3, -0.25) is 4.79 Å². The number of methoxy groups -OCH3 is 1. The monoisotopic (exact) mass is 215 g/mol. The summed E-state index contributed by atoms with van der Waals surface area (Å²) in [7, 11) is 1.42. The third-order valence-electron chi connectivity index (χ3n) is 1.80. The molecule has 1 atom stereocenters. The highest BCUT2D eigenvalue weighted by Gasteiger charge is 2.19. The minimum absolute atomic E-state index is 0.309. The summed E-state index contributed by atoms with van der Waals surface area (Å²) >= 11 is 5.80. The van der Waals surface area contributed by atoms with Crippen LogP contribution in [0.2, 0.25) is 5.02 Å². The van der Waals surface area contributed by atoms with E-state index in [0.29, 0.717) is 16.3 Å². The molecule has 4 nitrogen and oxygen atoms in total. The Morgan fingerprint density at radius 1 is 1.64 bits per heavy atom. The Morgan fingerprint density at radius 2 is 2.29 bits per heavy atom. The number of ether oxygens (including phenoxy) is 1. The van der Waals surface area contributed by atoms with Gasteiger partial charge in [-0.2, -0.15) is 0 Å². The number of benzene rings is 1. The number of carboxylic acid groups (broad SMARTS) is 1. The molecule has 0 fully saturated rings. The second-order valence-electron chi connectivity index (χ2n) is 2.68. The van der Waals surface area contributed by atoms with Gasteiger partial charge in [-0.1, -0.05) is 23.7 Å². The number of aliphatic carboxylic acids is 1. The van der Waals surface area contributed by atoms with Gasteiger partial charge in [0.2, 0.25) is 0 Å². The molecule has 14 heavy (non-hydrogen) atoms. The molecular formula is C9H10ClNO3. The molecule has 1 rings (SSSR count). The van der Waals surface area contributed by atoms with Crippen LogP contribution < -0.4 is 10.5 Å². The number of halogens is 1. The topological polar surface area (TPSA) is 72.5 Å². The molecule has 0 spiro atoms. The van der Waals surface area contributed by atoms with Gasteiger partial charge >= 0.3 is 5.97 Å². The molecule has 0 aliphatic heterocycles. The van der Waals surface area contributed by atoms with E-state index < -0.39 is 12.0 Å². The van der Waals surface area contributed by atoms with Crippen LogP contribution in [0.25, 0.3) is 0 Å². The van der Waals surface area contributed by atoms with Crippen molar-refractivity contribution >= 4 is 17.6 Å². The van der Waals surface area contributed by atoms with Crippen LogP contribution in [0.1, 0.15) is 11.6 Å². The highest BCUT2D eigenvalue weighted by Crippen LogP contribution is 2.31. The van der Waals surface area contributed by atoms with Crippen LogP contribution in [0.15, 0.2) is 18.2 Å². The van der Waals surface area contributed by atoms with E-state index >= 15 is 0 Å². The lowest BCUT2D eigenvalue weighted by atomic mass is 10.1. The standard InChI is InChI=1S/C9H10ClNO3/c1-14-8-5(7(11)9(12)13)3-2-4-6(8)10/h2-4,7H,11H2,1H3,(H,12,13)/t7-/m0/s1. The molecule has 0 radical (unpaired) electrons. The Bertz CT molecular complexity index is 354. The maximum absolute atomic E-state index is 10.7. The van der Waals surface area contributed by atoms with Gasteiger partial charge in [0.05, 0.1) is 12.1 Å². The summed E-state index contributed by atoms with van der Waals surface area (Å²) < 4.78 is 4.97. The quantitative estimate of drug-likeness (QED) is 0.800. The average Bonchev–Trinajstić information content (AvgIpc) is 2.16. The van der Waals surface area contributed by atoms with Crippen LogP contribution in [0.3, 0.4) is 0 Å². The Hall–Kier alpha value is -1.26. The SMILES string of the molecule is COc1c(Cl)cccc1[C@H](N)C(=O)O. The average molecular weight is 216 g/mol. The number of hydrogen-bond acceptors (Lipinski definition) is 3. The van der Waals surface area contributed by atoms with Crippen molar-refractivity contribution in [3.63, 3.8) is 0 Å². The van der Waals surface area contributed by atoms with Crippen LogP contribution in [0.4, 0.5) is 0 Å². The van der Waals surface area contributed by atoms with Crippen molar-refractivity contribution in [1.82, 2.24) is 0 Å². The molecular weight excluding hydrogens is 206 g/mol. The fourth-order valence-electron chi connectivity index (χ4n) is 1.12. The van der Waals surface area contributed by atoms with E-state index in [1.54, 1.807) is 18.2 Å². The largest absolute Gasteiger partial charge is 0.495 e. The van der Waals surface area contributed by atoms with Crippen LogP contribution in [-0.2, 0) is 4.79 Å². The molecule has 0 heterocycles. The first kappa shape index (κ1) is 10.8. The number of rotatable bonds is 3. The zero-order valence-electron chi connectivity index (χ0n) is 7.53. The van der Waals surface area contributed by atoms with Gasteiger partial charge in [0.25, 0.3) is 0 Å². The lowest BCUT2D eigenvalue weighted by Crippen LogP contribution is -2.21. The molecule has 76 valence electrons. The number of hydrogen-bond donors (Lipinski definition) is 2. The van der Waals surface area contributed by atoms with Gasteiger partial charge in [0.15, 0.2) is 0 Å². The predicted octanol–water partition coefficient (Wildman–Crippen LogP) is 1.43. The highest BCUT2D eigenvalue weighted by atomic mass is 35.5. The van der Waals surface area contributed by atoms with Gasteiger partial charge in [-0.05, 0) is 6.07 Å². The second-order valence-corrected chi connectivity index (χ2v) is 3.09. The van der Waals surface area contributed by atoms with Gasteiger partial charge in [0, 0.05) is 5.56 Å². The molecule has 0 aromatic heterocycles. The Labute approximate surface area is 86.2 Å². The smallest absolute Gasteiger partial charge is 0.325 e. The summed E-state index contributed by atoms with van der Waals surface area (Å²) in [6.45, 7) is 0. The van der Waals surface area contributed by atoms with Gasteiger partial charge < -0.3 is 15.6 Å². The van der Waals surface area contributed by atoms with Crippen molar-refractivity contribution < 1.29 is 14.6 Å². The Morgan fingerprint density at radius 3 is 2.79 bits per heavy atom. The highest BCUT2D eigenvalue weighted by molar-refractivity contribution is 6.32. The zero-order chi connectivity index (χ0) is 10.7. The molecule has 1 aromatic rings. The minimum Gasteiger partial charge on any atom is -0.495 e. The number of para-hydroxylation sites is 1. The molecule has 0 unspecified atom stereocenters. The molecule has 0 amide bonds. The van der Waals surface area contributed by atoms with E-state index in [9.17, 15) is 4.79 Å². The summed E-state index contributed by atoms with van der Waals surface area (Å²) in [6, 6.07) is 3.69. The van der Waals surface area contributed by atoms with Crippen LogP contribution >= 0.6 is 11.6 Å². The number of carbonyl (C=O) groups is 1. The van der Waals surface area contributed by atoms with Crippen molar-refractivity contribution in [2.75, 3.05) is 7.11 Å². The molecule has 0 saturated heterocycles. The summed E-state index contributed by atoms with van der Waals surface area (Å²) in [5.41, 5.74) is 5.81. The van der Waals surface area contributed by atoms with Crippen molar-refractivity contribution in [3.8, 4) is 5.75 Å². The van der Waals surface area contributed by atoms with Gasteiger partial charge in [-0.25, -0.2) is 0 Å². The minimum atomic E-state index is -1.12. The van der Waals surface area contributed by atoms with Crippen LogP contribution in [-0.4, -0.2) is 18.2 Å². The number of nitrogens with two attached hydrogens (primary N) is 1. The van der Waals surface area contributed by atoms with E-state index in [2.05, 4.69) is 0 Å². The first-order chi connectivity index (χ1) is 6.57. The lowest BCUT2D eigenvalue weighted by Gasteiger charge is -2.12. The second kappa shape index (κ2) is 4.30. The van der Waals surface area contributed by atoms with Crippen LogP contribution in [0, 0.1) is 0 Å². The maximum Gasteiger partial charge on any atom is 0.325 e. The van der Waals surface area contributed by atoms with Crippen molar-refractivity contribution in [2.24, 2.45) is 5.73 Å². The summed E-state index contributed by atoms with van der Waals surface area (Å²) in [5, 5.41) is 9.07. The van der Waals surface area contributed by atoms with E-state index in [0.717, 1.165) is 0 Å². The molecule has 0 bridgehead atoms. The van der Waals surface area contributed by atoms with Crippen molar-refractivity contribution in [3.05, 3.63) is 28.8 Å². The zero-order valence-corrected chi connectivity index (χ0v) is 8.28.